The number of nitrogens with zero attached hydrogens (tertiary/aromatic N) is 1. The molecule has 1 saturated carbocycles. The monoisotopic (exact) mass is 323 g/mol. The van der Waals surface area contributed by atoms with Crippen LogP contribution in [0.3, 0.4) is 0 Å². The molecule has 1 aromatic rings. The number of thiophene rings is 1. The zero-order valence-corrected chi connectivity index (χ0v) is 14.6. The van der Waals surface area contributed by atoms with Gasteiger partial charge in [-0.3, -0.25) is 0 Å². The van der Waals surface area contributed by atoms with E-state index in [0.717, 1.165) is 12.8 Å². The van der Waals surface area contributed by atoms with E-state index in [9.17, 15) is 4.79 Å². The number of hydrogen-bond donors (Lipinski definition) is 2. The summed E-state index contributed by atoms with van der Waals surface area (Å²) in [4.78, 5) is 15.6. The van der Waals surface area contributed by atoms with Crippen LogP contribution in [0.5, 0.6) is 0 Å². The first-order valence-corrected chi connectivity index (χ1v) is 9.29. The van der Waals surface area contributed by atoms with Gasteiger partial charge >= 0.3 is 6.03 Å². The highest BCUT2D eigenvalue weighted by Crippen LogP contribution is 2.22. The maximum atomic E-state index is 12.2. The van der Waals surface area contributed by atoms with Gasteiger partial charge in [0.05, 0.1) is 6.04 Å². The van der Waals surface area contributed by atoms with Gasteiger partial charge in [0, 0.05) is 17.5 Å². The van der Waals surface area contributed by atoms with Crippen LogP contribution in [0.4, 0.5) is 4.79 Å². The van der Waals surface area contributed by atoms with E-state index in [4.69, 9.17) is 0 Å². The predicted molar refractivity (Wildman–Crippen MR) is 93.4 cm³/mol. The summed E-state index contributed by atoms with van der Waals surface area (Å²) in [6.45, 7) is 0.645. The molecule has 1 fully saturated rings. The van der Waals surface area contributed by atoms with Crippen molar-refractivity contribution in [3.63, 3.8) is 0 Å². The lowest BCUT2D eigenvalue weighted by Crippen LogP contribution is -2.44. The molecule has 1 aromatic heterocycles. The lowest BCUT2D eigenvalue weighted by Gasteiger charge is -2.25. The smallest absolute Gasteiger partial charge is 0.315 e. The molecule has 2 N–H and O–H groups in total. The van der Waals surface area contributed by atoms with Gasteiger partial charge in [0.25, 0.3) is 0 Å². The maximum absolute atomic E-state index is 12.2. The largest absolute Gasteiger partial charge is 0.336 e. The molecule has 1 atom stereocenters. The molecule has 2 rings (SSSR count). The van der Waals surface area contributed by atoms with Crippen molar-refractivity contribution >= 4 is 17.4 Å². The van der Waals surface area contributed by atoms with Crippen molar-refractivity contribution in [3.05, 3.63) is 22.4 Å². The standard InChI is InChI=1S/C17H29N3OS/c1-20(2)15(16-11-8-12-22-16)13-18-17(21)19-14-9-6-4-3-5-7-10-14/h8,11-12,14-15H,3-7,9-10,13H2,1-2H3,(H2,18,19,21). The van der Waals surface area contributed by atoms with Crippen LogP contribution >= 0.6 is 11.3 Å². The number of urea groups is 1. The highest BCUT2D eigenvalue weighted by atomic mass is 32.1. The summed E-state index contributed by atoms with van der Waals surface area (Å²) < 4.78 is 0. The number of carbonyl (C=O) groups excluding carboxylic acids is 1. The predicted octanol–water partition coefficient (Wildman–Crippen LogP) is 3.76. The van der Waals surface area contributed by atoms with Crippen molar-refractivity contribution in [3.8, 4) is 0 Å². The second kappa shape index (κ2) is 9.16. The minimum atomic E-state index is -0.0195. The van der Waals surface area contributed by atoms with Crippen molar-refractivity contribution in [2.75, 3.05) is 20.6 Å². The Labute approximate surface area is 138 Å². The molecule has 0 aromatic carbocycles. The molecule has 2 amide bonds. The molecule has 0 bridgehead atoms. The number of nitrogens with one attached hydrogen (secondary N) is 2. The Morgan fingerprint density at radius 2 is 1.95 bits per heavy atom. The van der Waals surface area contributed by atoms with Crippen LogP contribution in [0.15, 0.2) is 17.5 Å². The van der Waals surface area contributed by atoms with Gasteiger partial charge in [0.15, 0.2) is 0 Å². The fourth-order valence-electron chi connectivity index (χ4n) is 3.04. The third-order valence-corrected chi connectivity index (χ3v) is 5.36. The molecule has 0 spiro atoms. The molecule has 1 heterocycles. The summed E-state index contributed by atoms with van der Waals surface area (Å²) in [5.74, 6) is 0. The lowest BCUT2D eigenvalue weighted by atomic mass is 9.97. The molecule has 1 aliphatic rings. The van der Waals surface area contributed by atoms with E-state index in [1.165, 1.54) is 37.0 Å². The van der Waals surface area contributed by atoms with E-state index in [-0.39, 0.29) is 12.1 Å². The van der Waals surface area contributed by atoms with Gasteiger partial charge in [-0.15, -0.1) is 11.3 Å². The Morgan fingerprint density at radius 1 is 1.27 bits per heavy atom. The number of rotatable bonds is 5. The Hall–Kier alpha value is -1.07. The van der Waals surface area contributed by atoms with E-state index >= 15 is 0 Å². The summed E-state index contributed by atoms with van der Waals surface area (Å²) in [7, 11) is 4.11. The topological polar surface area (TPSA) is 44.4 Å². The van der Waals surface area contributed by atoms with Gasteiger partial charge < -0.3 is 15.5 Å². The van der Waals surface area contributed by atoms with Crippen LogP contribution in [0.25, 0.3) is 0 Å². The fourth-order valence-corrected chi connectivity index (χ4v) is 3.97. The third-order valence-electron chi connectivity index (χ3n) is 4.39. The van der Waals surface area contributed by atoms with Gasteiger partial charge in [0.2, 0.25) is 0 Å². The molecule has 4 nitrogen and oxygen atoms in total. The first kappa shape index (κ1) is 17.3. The molecular formula is C17H29N3OS. The third kappa shape index (κ3) is 5.61. The van der Waals surface area contributed by atoms with Crippen LogP contribution in [0.2, 0.25) is 0 Å². The minimum Gasteiger partial charge on any atom is -0.336 e. The molecule has 0 radical (unpaired) electrons. The van der Waals surface area contributed by atoms with Gasteiger partial charge in [-0.25, -0.2) is 4.79 Å². The van der Waals surface area contributed by atoms with Crippen molar-refractivity contribution in [2.24, 2.45) is 0 Å². The first-order valence-electron chi connectivity index (χ1n) is 8.41. The van der Waals surface area contributed by atoms with Crippen LogP contribution in [-0.2, 0) is 0 Å². The maximum Gasteiger partial charge on any atom is 0.315 e. The van der Waals surface area contributed by atoms with Crippen LogP contribution in [0.1, 0.15) is 55.9 Å². The summed E-state index contributed by atoms with van der Waals surface area (Å²) in [6, 6.07) is 4.76. The SMILES string of the molecule is CN(C)C(CNC(=O)NC1CCCCCCC1)c1cccs1. The average molecular weight is 324 g/mol. The van der Waals surface area contributed by atoms with E-state index < -0.39 is 0 Å². The highest BCUT2D eigenvalue weighted by molar-refractivity contribution is 7.10. The van der Waals surface area contributed by atoms with Crippen LogP contribution in [0, 0.1) is 0 Å². The van der Waals surface area contributed by atoms with E-state index in [1.54, 1.807) is 11.3 Å². The first-order chi connectivity index (χ1) is 10.7. The molecule has 124 valence electrons. The highest BCUT2D eigenvalue weighted by Gasteiger charge is 2.18. The Balaban J connectivity index is 1.78. The summed E-state index contributed by atoms with van der Waals surface area (Å²) in [5.41, 5.74) is 0. The van der Waals surface area contributed by atoms with E-state index in [0.29, 0.717) is 12.6 Å². The van der Waals surface area contributed by atoms with Gasteiger partial charge in [-0.2, -0.15) is 0 Å². The Morgan fingerprint density at radius 3 is 2.55 bits per heavy atom. The van der Waals surface area contributed by atoms with Gasteiger partial charge in [-0.05, 0) is 38.4 Å². The zero-order valence-electron chi connectivity index (χ0n) is 13.8. The molecule has 1 aliphatic carbocycles. The number of amides is 2. The molecule has 22 heavy (non-hydrogen) atoms. The van der Waals surface area contributed by atoms with Gasteiger partial charge in [-0.1, -0.05) is 38.2 Å². The van der Waals surface area contributed by atoms with E-state index in [1.807, 2.05) is 0 Å². The van der Waals surface area contributed by atoms with Crippen molar-refractivity contribution in [2.45, 2.75) is 57.0 Å². The second-order valence-electron chi connectivity index (χ2n) is 6.39. The van der Waals surface area contributed by atoms with Crippen LogP contribution in [-0.4, -0.2) is 37.6 Å². The number of hydrogen-bond acceptors (Lipinski definition) is 3. The number of carbonyl (C=O) groups is 1. The minimum absolute atomic E-state index is 0.0195. The van der Waals surface area contributed by atoms with Crippen molar-refractivity contribution < 1.29 is 4.79 Å². The normalized spacial score (nSPS) is 18.5. The molecule has 0 saturated heterocycles. The fraction of sp³-hybridized carbons (Fsp3) is 0.706. The molecule has 1 unspecified atom stereocenters. The zero-order chi connectivity index (χ0) is 15.8. The summed E-state index contributed by atoms with van der Waals surface area (Å²) in [6.07, 6.45) is 8.68. The van der Waals surface area contributed by atoms with E-state index in [2.05, 4.69) is 47.1 Å². The van der Waals surface area contributed by atoms with Crippen molar-refractivity contribution in [1.82, 2.24) is 15.5 Å². The second-order valence-corrected chi connectivity index (χ2v) is 7.37. The molecule has 0 aliphatic heterocycles. The molecule has 5 heteroatoms. The average Bonchev–Trinajstić information content (AvgIpc) is 2.95. The number of likely N-dealkylation sites (N-methyl/N-ethyl adjacent to an activating group) is 1. The summed E-state index contributed by atoms with van der Waals surface area (Å²) >= 11 is 1.74. The Kier molecular flexibility index (Phi) is 7.19. The molecular weight excluding hydrogens is 294 g/mol. The summed E-state index contributed by atoms with van der Waals surface area (Å²) in [5, 5.41) is 8.30. The van der Waals surface area contributed by atoms with Gasteiger partial charge in [0.1, 0.15) is 0 Å². The lowest BCUT2D eigenvalue weighted by molar-refractivity contribution is 0.227. The quantitative estimate of drug-likeness (QED) is 0.866. The Bertz CT molecular complexity index is 425. The van der Waals surface area contributed by atoms with Crippen molar-refractivity contribution in [1.29, 1.82) is 0 Å². The van der Waals surface area contributed by atoms with Crippen LogP contribution < -0.4 is 10.6 Å².